The summed E-state index contributed by atoms with van der Waals surface area (Å²) >= 11 is 0. The van der Waals surface area contributed by atoms with E-state index in [1.807, 2.05) is 0 Å². The zero-order valence-electron chi connectivity index (χ0n) is 1.86. The van der Waals surface area contributed by atoms with Crippen molar-refractivity contribution in [2.75, 3.05) is 0 Å². The number of primary amides is 1. The Morgan fingerprint density at radius 1 is 1.75 bits per heavy atom. The average Bonchev–Trinajstić information content (AvgIpc) is 0.918. The second-order valence-electron chi connectivity index (χ2n) is 0.136. The van der Waals surface area contributed by atoms with E-state index in [0.29, 0.717) is 0 Å². The molecule has 0 aliphatic carbocycles. The van der Waals surface area contributed by atoms with E-state index in [2.05, 4.69) is 5.73 Å². The monoisotopic (exact) mass is 108 g/mol. The Labute approximate surface area is 34.8 Å². The minimum absolute atomic E-state index is 0. The number of hydrogen-bond acceptors (Lipinski definition) is 1. The van der Waals surface area contributed by atoms with Crippen LogP contribution in [0.2, 0.25) is 0 Å². The Bertz CT molecular complexity index is 15.5. The Morgan fingerprint density at radius 2 is 1.75 bits per heavy atom. The first-order valence-electron chi connectivity index (χ1n) is 0.569. The van der Waals surface area contributed by atoms with Gasteiger partial charge >= 0.3 is 0 Å². The Kier molecular flexibility index (Phi) is 27.2. The van der Waals surface area contributed by atoms with E-state index in [9.17, 15) is 0 Å². The van der Waals surface area contributed by atoms with Crippen LogP contribution in [0.15, 0.2) is 0 Å². The van der Waals surface area contributed by atoms with Gasteiger partial charge in [-0.15, -0.1) is 0 Å². The molecule has 0 fully saturated rings. The molecule has 2 N–H and O–H groups in total. The maximum absolute atomic E-state index is 8.58. The van der Waals surface area contributed by atoms with Crippen molar-refractivity contribution in [3.63, 3.8) is 0 Å². The van der Waals surface area contributed by atoms with Crippen molar-refractivity contribution in [2.45, 2.75) is 0 Å². The van der Waals surface area contributed by atoms with Crippen LogP contribution in [0.4, 0.5) is 0 Å². The third-order valence-electron chi connectivity index (χ3n) is 0. The van der Waals surface area contributed by atoms with E-state index in [1.165, 1.54) is 0 Å². The molecule has 0 aromatic carbocycles. The molecule has 4 heavy (non-hydrogen) atoms. The number of carbonyl (C=O) groups excluding carboxylic acids is 1. The van der Waals surface area contributed by atoms with Gasteiger partial charge in [-0.3, -0.25) is 4.79 Å². The normalized spacial score (nSPS) is 3.00. The molecule has 29 valence electrons. The minimum atomic E-state index is 0. The summed E-state index contributed by atoms with van der Waals surface area (Å²) in [5.74, 6) is 0. The third kappa shape index (κ3) is 17600. The quantitative estimate of drug-likeness (QED) is 0.317. The standard InChI is InChI=1S/CH3NO.Cu/c2-1-3;/h1H,(H2,2,3);. The van der Waals surface area contributed by atoms with E-state index < -0.39 is 0 Å². The fourth-order valence-electron chi connectivity index (χ4n) is 0. The van der Waals surface area contributed by atoms with Gasteiger partial charge in [0.25, 0.3) is 0 Å². The largest absolute Gasteiger partial charge is 0.372 e. The van der Waals surface area contributed by atoms with Crippen LogP contribution < -0.4 is 5.73 Å². The number of hydrogen-bond donors (Lipinski definition) is 1. The predicted molar refractivity (Wildman–Crippen MR) is 10.3 cm³/mol. The summed E-state index contributed by atoms with van der Waals surface area (Å²) in [5, 5.41) is 0. The number of carbonyl (C=O) groups is 1. The molecule has 0 bridgehead atoms. The van der Waals surface area contributed by atoms with Crippen molar-refractivity contribution >= 4 is 6.41 Å². The molecule has 0 rings (SSSR count). The van der Waals surface area contributed by atoms with E-state index in [-0.39, 0.29) is 23.5 Å². The van der Waals surface area contributed by atoms with Crippen LogP contribution in [0.1, 0.15) is 0 Å². The minimum Gasteiger partial charge on any atom is -0.372 e. The third-order valence-corrected chi connectivity index (χ3v) is 0. The molecule has 0 aromatic heterocycles. The molecule has 0 spiro atoms. The van der Waals surface area contributed by atoms with Gasteiger partial charge in [-0.1, -0.05) is 0 Å². The van der Waals surface area contributed by atoms with Gasteiger partial charge in [0.1, 0.15) is 0 Å². The van der Waals surface area contributed by atoms with Crippen LogP contribution in [0.5, 0.6) is 0 Å². The van der Waals surface area contributed by atoms with Crippen molar-refractivity contribution in [3.05, 3.63) is 0 Å². The molecular formula is CH3CuNO. The van der Waals surface area contributed by atoms with Crippen LogP contribution >= 0.6 is 0 Å². The summed E-state index contributed by atoms with van der Waals surface area (Å²) in [6.07, 6.45) is 0.250. The molecule has 3 heteroatoms. The van der Waals surface area contributed by atoms with E-state index in [1.54, 1.807) is 0 Å². The van der Waals surface area contributed by atoms with Crippen LogP contribution in [0, 0.1) is 0 Å². The van der Waals surface area contributed by atoms with Crippen molar-refractivity contribution < 1.29 is 21.9 Å². The first-order valence-corrected chi connectivity index (χ1v) is 0.569. The fourth-order valence-corrected chi connectivity index (χ4v) is 0. The topological polar surface area (TPSA) is 43.1 Å². The van der Waals surface area contributed by atoms with Gasteiger partial charge in [0, 0.05) is 17.1 Å². The number of amides is 1. The Morgan fingerprint density at radius 3 is 1.75 bits per heavy atom. The van der Waals surface area contributed by atoms with E-state index >= 15 is 0 Å². The van der Waals surface area contributed by atoms with Crippen molar-refractivity contribution in [2.24, 2.45) is 5.73 Å². The summed E-state index contributed by atoms with van der Waals surface area (Å²) in [7, 11) is 0. The molecule has 2 nitrogen and oxygen atoms in total. The van der Waals surface area contributed by atoms with Gasteiger partial charge < -0.3 is 5.73 Å². The maximum Gasteiger partial charge on any atom is 0.204 e. The van der Waals surface area contributed by atoms with Gasteiger partial charge in [0.2, 0.25) is 6.41 Å². The second kappa shape index (κ2) is 12.1. The summed E-state index contributed by atoms with van der Waals surface area (Å²) in [5.41, 5.74) is 4.17. The van der Waals surface area contributed by atoms with Gasteiger partial charge in [0.15, 0.2) is 0 Å². The smallest absolute Gasteiger partial charge is 0.204 e. The SMILES string of the molecule is NC=O.[Cu]. The van der Waals surface area contributed by atoms with Gasteiger partial charge in [-0.25, -0.2) is 0 Å². The van der Waals surface area contributed by atoms with E-state index in [0.717, 1.165) is 0 Å². The van der Waals surface area contributed by atoms with Crippen LogP contribution in [0.25, 0.3) is 0 Å². The molecule has 0 unspecified atom stereocenters. The molecule has 0 atom stereocenters. The van der Waals surface area contributed by atoms with Crippen molar-refractivity contribution in [1.82, 2.24) is 0 Å². The zero-order chi connectivity index (χ0) is 2.71. The summed E-state index contributed by atoms with van der Waals surface area (Å²) in [6, 6.07) is 0. The van der Waals surface area contributed by atoms with Crippen molar-refractivity contribution in [1.29, 1.82) is 0 Å². The molecular weight excluding hydrogens is 106 g/mol. The number of rotatable bonds is 0. The first kappa shape index (κ1) is 9.01. The molecule has 1 radical (unpaired) electrons. The predicted octanol–water partition coefficient (Wildman–Crippen LogP) is -0.901. The van der Waals surface area contributed by atoms with Crippen LogP contribution in [-0.4, -0.2) is 6.41 Å². The summed E-state index contributed by atoms with van der Waals surface area (Å²) < 4.78 is 0. The first-order chi connectivity index (χ1) is 1.41. The van der Waals surface area contributed by atoms with Gasteiger partial charge in [-0.2, -0.15) is 0 Å². The van der Waals surface area contributed by atoms with Crippen molar-refractivity contribution in [3.8, 4) is 0 Å². The van der Waals surface area contributed by atoms with Gasteiger partial charge in [-0.05, 0) is 0 Å². The van der Waals surface area contributed by atoms with Gasteiger partial charge in [0.05, 0.1) is 0 Å². The number of nitrogens with two attached hydrogens (primary N) is 1. The molecule has 1 amide bonds. The molecule has 0 saturated carbocycles. The second-order valence-corrected chi connectivity index (χ2v) is 0.136. The summed E-state index contributed by atoms with van der Waals surface area (Å²) in [6.45, 7) is 0. The Hall–Kier alpha value is -0.0105. The molecule has 0 heterocycles. The van der Waals surface area contributed by atoms with Crippen LogP contribution in [0.3, 0.4) is 0 Å². The molecule has 0 saturated heterocycles. The zero-order valence-corrected chi connectivity index (χ0v) is 2.81. The maximum atomic E-state index is 8.58. The van der Waals surface area contributed by atoms with E-state index in [4.69, 9.17) is 4.79 Å². The Balaban J connectivity index is 0. The molecule has 0 aromatic rings. The van der Waals surface area contributed by atoms with Crippen LogP contribution in [-0.2, 0) is 21.9 Å². The fraction of sp³-hybridized carbons (Fsp3) is 0. The molecule has 0 aliphatic heterocycles. The molecule has 0 aliphatic rings. The average molecular weight is 109 g/mol. The summed E-state index contributed by atoms with van der Waals surface area (Å²) in [4.78, 5) is 8.58.